The molecule has 1 saturated heterocycles. The van der Waals surface area contributed by atoms with Gasteiger partial charge in [0.2, 0.25) is 0 Å². The van der Waals surface area contributed by atoms with Crippen molar-refractivity contribution >= 4 is 57.6 Å². The van der Waals surface area contributed by atoms with E-state index in [9.17, 15) is 9.59 Å². The normalized spacial score (nSPS) is 15.0. The lowest BCUT2D eigenvalue weighted by atomic mass is 10.1. The van der Waals surface area contributed by atoms with Crippen molar-refractivity contribution in [2.45, 2.75) is 6.92 Å². The molecule has 0 spiro atoms. The molecule has 0 aliphatic carbocycles. The second-order valence-electron chi connectivity index (χ2n) is 6.67. The summed E-state index contributed by atoms with van der Waals surface area (Å²) in [6.45, 7) is 1.97. The smallest absolute Gasteiger partial charge is 0.270 e. The molecular weight excluding hydrogens is 414 g/mol. The van der Waals surface area contributed by atoms with Gasteiger partial charge in [0.15, 0.2) is 4.32 Å². The largest absolute Gasteiger partial charge is 0.322 e. The number of aromatic nitrogens is 1. The number of carbonyl (C=O) groups excluding carboxylic acids is 2. The highest BCUT2D eigenvalue weighted by Gasteiger charge is 2.33. The third-order valence-electron chi connectivity index (χ3n) is 4.45. The zero-order valence-corrected chi connectivity index (χ0v) is 17.7. The lowest BCUT2D eigenvalue weighted by Gasteiger charge is -2.13. The van der Waals surface area contributed by atoms with E-state index in [2.05, 4.69) is 10.3 Å². The Bertz CT molecular complexity index is 1160. The SMILES string of the molecule is Cc1ccc(C(=O)Nc2cccc(/C=C3\SC(=S)N(c4cccnc4)C3=O)c2)cc1. The Balaban J connectivity index is 1.53. The molecule has 0 unspecified atom stereocenters. The van der Waals surface area contributed by atoms with Crippen LogP contribution in [0.4, 0.5) is 11.4 Å². The number of anilines is 2. The van der Waals surface area contributed by atoms with Crippen LogP contribution in [-0.2, 0) is 4.79 Å². The number of hydrogen-bond donors (Lipinski definition) is 1. The summed E-state index contributed by atoms with van der Waals surface area (Å²) in [5.74, 6) is -0.373. The van der Waals surface area contributed by atoms with Gasteiger partial charge in [-0.05, 0) is 55.0 Å². The molecule has 1 N–H and O–H groups in total. The standard InChI is InChI=1S/C23H17N3O2S2/c1-15-7-9-17(10-8-15)21(27)25-18-5-2-4-16(12-18)13-20-22(28)26(23(29)30-20)19-6-3-11-24-14-19/h2-14H,1H3,(H,25,27)/b20-13-. The molecule has 0 bridgehead atoms. The van der Waals surface area contributed by atoms with Crippen LogP contribution >= 0.6 is 24.0 Å². The van der Waals surface area contributed by atoms with Gasteiger partial charge in [-0.15, -0.1) is 0 Å². The molecule has 2 heterocycles. The number of hydrogen-bond acceptors (Lipinski definition) is 5. The maximum atomic E-state index is 12.8. The number of benzene rings is 2. The molecular formula is C23H17N3O2S2. The molecule has 1 aromatic heterocycles. The summed E-state index contributed by atoms with van der Waals surface area (Å²) in [6, 6.07) is 18.3. The first-order valence-electron chi connectivity index (χ1n) is 9.17. The van der Waals surface area contributed by atoms with E-state index in [4.69, 9.17) is 12.2 Å². The Labute approximate surface area is 183 Å². The molecule has 4 rings (SSSR count). The molecule has 1 aliphatic rings. The van der Waals surface area contributed by atoms with Gasteiger partial charge in [-0.2, -0.15) is 0 Å². The second kappa shape index (κ2) is 8.61. The maximum Gasteiger partial charge on any atom is 0.270 e. The zero-order valence-electron chi connectivity index (χ0n) is 16.0. The maximum absolute atomic E-state index is 12.8. The molecule has 5 nitrogen and oxygen atoms in total. The van der Waals surface area contributed by atoms with Gasteiger partial charge in [0, 0.05) is 17.4 Å². The van der Waals surface area contributed by atoms with Crippen LogP contribution in [0.5, 0.6) is 0 Å². The average Bonchev–Trinajstić information content (AvgIpc) is 3.02. The fourth-order valence-corrected chi connectivity index (χ4v) is 4.24. The summed E-state index contributed by atoms with van der Waals surface area (Å²) in [4.78, 5) is 31.4. The number of thiocarbonyl (C=S) groups is 1. The zero-order chi connectivity index (χ0) is 21.1. The quantitative estimate of drug-likeness (QED) is 0.463. The van der Waals surface area contributed by atoms with E-state index in [-0.39, 0.29) is 11.8 Å². The van der Waals surface area contributed by atoms with Gasteiger partial charge in [0.25, 0.3) is 11.8 Å². The van der Waals surface area contributed by atoms with Gasteiger partial charge >= 0.3 is 0 Å². The molecule has 0 radical (unpaired) electrons. The van der Waals surface area contributed by atoms with Crippen LogP contribution in [0.15, 0.2) is 78.0 Å². The van der Waals surface area contributed by atoms with Crippen LogP contribution in [0.2, 0.25) is 0 Å². The number of thioether (sulfide) groups is 1. The third kappa shape index (κ3) is 4.32. The van der Waals surface area contributed by atoms with Crippen molar-refractivity contribution in [3.8, 4) is 0 Å². The summed E-state index contributed by atoms with van der Waals surface area (Å²) in [5.41, 5.74) is 3.77. The number of nitrogens with one attached hydrogen (secondary N) is 1. The lowest BCUT2D eigenvalue weighted by molar-refractivity contribution is -0.113. The minimum absolute atomic E-state index is 0.185. The minimum atomic E-state index is -0.188. The summed E-state index contributed by atoms with van der Waals surface area (Å²) < 4.78 is 0.461. The highest BCUT2D eigenvalue weighted by atomic mass is 32.2. The van der Waals surface area contributed by atoms with Crippen LogP contribution in [0.25, 0.3) is 6.08 Å². The van der Waals surface area contributed by atoms with E-state index in [0.717, 1.165) is 11.1 Å². The van der Waals surface area contributed by atoms with Gasteiger partial charge in [0.05, 0.1) is 16.8 Å². The van der Waals surface area contributed by atoms with E-state index in [0.29, 0.717) is 26.2 Å². The summed E-state index contributed by atoms with van der Waals surface area (Å²) in [7, 11) is 0. The minimum Gasteiger partial charge on any atom is -0.322 e. The van der Waals surface area contributed by atoms with E-state index in [1.807, 2.05) is 43.3 Å². The molecule has 1 aliphatic heterocycles. The average molecular weight is 432 g/mol. The molecule has 1 fully saturated rings. The van der Waals surface area contributed by atoms with Gasteiger partial charge < -0.3 is 5.32 Å². The number of pyridine rings is 1. The topological polar surface area (TPSA) is 62.3 Å². The van der Waals surface area contributed by atoms with Gasteiger partial charge in [-0.3, -0.25) is 19.5 Å². The highest BCUT2D eigenvalue weighted by Crippen LogP contribution is 2.35. The van der Waals surface area contributed by atoms with E-state index < -0.39 is 0 Å². The number of nitrogens with zero attached hydrogens (tertiary/aromatic N) is 2. The summed E-state index contributed by atoms with van der Waals surface area (Å²) >= 11 is 6.62. The number of aryl methyl sites for hydroxylation is 1. The molecule has 0 atom stereocenters. The molecule has 30 heavy (non-hydrogen) atoms. The Morgan fingerprint density at radius 1 is 1.13 bits per heavy atom. The third-order valence-corrected chi connectivity index (χ3v) is 5.76. The Hall–Kier alpha value is -3.29. The van der Waals surface area contributed by atoms with Crippen LogP contribution in [0, 0.1) is 6.92 Å². The predicted octanol–water partition coefficient (Wildman–Crippen LogP) is 5.05. The van der Waals surface area contributed by atoms with Gasteiger partial charge in [-0.25, -0.2) is 0 Å². The Kier molecular flexibility index (Phi) is 5.74. The fourth-order valence-electron chi connectivity index (χ4n) is 2.94. The molecule has 3 aromatic rings. The molecule has 7 heteroatoms. The number of rotatable bonds is 4. The second-order valence-corrected chi connectivity index (χ2v) is 8.35. The first-order valence-corrected chi connectivity index (χ1v) is 10.4. The van der Waals surface area contributed by atoms with Crippen molar-refractivity contribution in [1.29, 1.82) is 0 Å². The van der Waals surface area contributed by atoms with E-state index >= 15 is 0 Å². The van der Waals surface area contributed by atoms with Gasteiger partial charge in [0.1, 0.15) is 0 Å². The van der Waals surface area contributed by atoms with Crippen molar-refractivity contribution < 1.29 is 9.59 Å². The van der Waals surface area contributed by atoms with Crippen LogP contribution in [-0.4, -0.2) is 21.1 Å². The summed E-state index contributed by atoms with van der Waals surface area (Å²) in [5, 5.41) is 2.89. The highest BCUT2D eigenvalue weighted by molar-refractivity contribution is 8.27. The first kappa shape index (κ1) is 20.0. The van der Waals surface area contributed by atoms with Crippen molar-refractivity contribution in [2.24, 2.45) is 0 Å². The predicted molar refractivity (Wildman–Crippen MR) is 125 cm³/mol. The number of carbonyl (C=O) groups is 2. The van der Waals surface area contributed by atoms with Gasteiger partial charge in [-0.1, -0.05) is 53.8 Å². The molecule has 148 valence electrons. The van der Waals surface area contributed by atoms with E-state index in [1.54, 1.807) is 42.7 Å². The van der Waals surface area contributed by atoms with Crippen molar-refractivity contribution in [1.82, 2.24) is 4.98 Å². The fraction of sp³-hybridized carbons (Fsp3) is 0.0435. The molecule has 2 amide bonds. The molecule has 2 aromatic carbocycles. The van der Waals surface area contributed by atoms with Crippen LogP contribution in [0.3, 0.4) is 0 Å². The Morgan fingerprint density at radius 3 is 2.67 bits per heavy atom. The monoisotopic (exact) mass is 431 g/mol. The van der Waals surface area contributed by atoms with Crippen LogP contribution < -0.4 is 10.2 Å². The van der Waals surface area contributed by atoms with Crippen LogP contribution in [0.1, 0.15) is 21.5 Å². The summed E-state index contributed by atoms with van der Waals surface area (Å²) in [6.07, 6.45) is 5.03. The number of amides is 2. The van der Waals surface area contributed by atoms with Crippen molar-refractivity contribution in [3.63, 3.8) is 0 Å². The van der Waals surface area contributed by atoms with Crippen molar-refractivity contribution in [3.05, 3.63) is 94.7 Å². The molecule has 0 saturated carbocycles. The van der Waals surface area contributed by atoms with Crippen molar-refractivity contribution in [2.75, 3.05) is 10.2 Å². The Morgan fingerprint density at radius 2 is 1.93 bits per heavy atom. The van der Waals surface area contributed by atoms with E-state index in [1.165, 1.54) is 16.7 Å². The first-order chi connectivity index (χ1) is 14.5. The lowest BCUT2D eigenvalue weighted by Crippen LogP contribution is -2.27.